The molecule has 0 bridgehead atoms. The van der Waals surface area contributed by atoms with Gasteiger partial charge < -0.3 is 0 Å². The molecule has 1 heterocycles. The van der Waals surface area contributed by atoms with Gasteiger partial charge in [-0.25, -0.2) is 0 Å². The van der Waals surface area contributed by atoms with Gasteiger partial charge in [-0.3, -0.25) is 4.99 Å². The molecule has 0 aromatic heterocycles. The summed E-state index contributed by atoms with van der Waals surface area (Å²) < 4.78 is 37.6. The van der Waals surface area contributed by atoms with Crippen molar-refractivity contribution in [3.8, 4) is 0 Å². The van der Waals surface area contributed by atoms with Crippen LogP contribution >= 0.6 is 0 Å². The number of hydrogen-bond acceptors (Lipinski definition) is 1. The lowest BCUT2D eigenvalue weighted by Gasteiger charge is -2.24. The van der Waals surface area contributed by atoms with Crippen molar-refractivity contribution in [2.75, 3.05) is 0 Å². The van der Waals surface area contributed by atoms with Crippen molar-refractivity contribution in [1.82, 2.24) is 0 Å². The molecule has 0 aromatic rings. The van der Waals surface area contributed by atoms with Gasteiger partial charge in [0.05, 0.1) is 11.6 Å². The van der Waals surface area contributed by atoms with E-state index in [4.69, 9.17) is 0 Å². The van der Waals surface area contributed by atoms with Gasteiger partial charge in [-0.15, -0.1) is 0 Å². The van der Waals surface area contributed by atoms with Gasteiger partial charge in [-0.1, -0.05) is 25.2 Å². The highest BCUT2D eigenvalue weighted by Gasteiger charge is 2.39. The summed E-state index contributed by atoms with van der Waals surface area (Å²) in [5.41, 5.74) is 1.74. The third-order valence-electron chi connectivity index (χ3n) is 3.36. The Balaban J connectivity index is 2.09. The van der Waals surface area contributed by atoms with Gasteiger partial charge >= 0.3 is 6.18 Å². The number of hydrogen-bond donors (Lipinski definition) is 0. The number of rotatable bonds is 1. The Morgan fingerprint density at radius 2 is 2.06 bits per heavy atom. The van der Waals surface area contributed by atoms with E-state index in [1.165, 1.54) is 0 Å². The summed E-state index contributed by atoms with van der Waals surface area (Å²) in [7, 11) is 0. The molecule has 0 aromatic carbocycles. The van der Waals surface area contributed by atoms with Crippen molar-refractivity contribution in [2.24, 2.45) is 16.8 Å². The second-order valence-electron chi connectivity index (χ2n) is 4.82. The number of allylic oxidation sites excluding steroid dienone is 5. The van der Waals surface area contributed by atoms with Crippen molar-refractivity contribution in [3.63, 3.8) is 0 Å². The first kappa shape index (κ1) is 13.1. The molecule has 0 saturated heterocycles. The molecular weight excluding hydrogens is 239 g/mol. The maximum atomic E-state index is 12.5. The number of aliphatic imine (C=N–C) groups is 1. The summed E-state index contributed by atoms with van der Waals surface area (Å²) in [6.45, 7) is 2.04. The van der Waals surface area contributed by atoms with E-state index in [0.717, 1.165) is 11.3 Å². The molecule has 0 saturated carbocycles. The maximum absolute atomic E-state index is 12.5. The summed E-state index contributed by atoms with van der Waals surface area (Å²) in [4.78, 5) is 4.28. The molecule has 2 unspecified atom stereocenters. The van der Waals surface area contributed by atoms with Crippen molar-refractivity contribution in [3.05, 3.63) is 36.1 Å². The van der Waals surface area contributed by atoms with Crippen LogP contribution in [0.1, 0.15) is 26.2 Å². The smallest absolute Gasteiger partial charge is 0.257 e. The fraction of sp³-hybridized carbons (Fsp3) is 0.500. The fourth-order valence-electron chi connectivity index (χ4n) is 2.16. The predicted octanol–water partition coefficient (Wildman–Crippen LogP) is 4.44. The van der Waals surface area contributed by atoms with Gasteiger partial charge in [0, 0.05) is 6.20 Å². The van der Waals surface area contributed by atoms with E-state index in [0.29, 0.717) is 12.3 Å². The van der Waals surface area contributed by atoms with E-state index in [9.17, 15) is 13.2 Å². The van der Waals surface area contributed by atoms with Gasteiger partial charge in [0.2, 0.25) is 0 Å². The second-order valence-corrected chi connectivity index (χ2v) is 4.82. The molecule has 2 atom stereocenters. The van der Waals surface area contributed by atoms with Crippen LogP contribution in [-0.4, -0.2) is 11.9 Å². The predicted molar refractivity (Wildman–Crippen MR) is 66.4 cm³/mol. The molecule has 18 heavy (non-hydrogen) atoms. The average molecular weight is 255 g/mol. The standard InChI is InChI=1S/C14H16F3N/c1-10-2-7-13(18-9-8-10)11-3-5-12(6-4-11)14(15,16)17/h2-3,7-10,12H,4-6H2,1H3. The topological polar surface area (TPSA) is 12.4 Å². The monoisotopic (exact) mass is 255 g/mol. The van der Waals surface area contributed by atoms with E-state index in [1.54, 1.807) is 12.3 Å². The van der Waals surface area contributed by atoms with Crippen LogP contribution in [0.2, 0.25) is 0 Å². The zero-order chi connectivity index (χ0) is 13.2. The lowest BCUT2D eigenvalue weighted by Crippen LogP contribution is -2.25. The Morgan fingerprint density at radius 3 is 2.67 bits per heavy atom. The summed E-state index contributed by atoms with van der Waals surface area (Å²) >= 11 is 0. The average Bonchev–Trinajstić information content (AvgIpc) is 2.53. The van der Waals surface area contributed by atoms with Gasteiger partial charge in [0.1, 0.15) is 0 Å². The molecule has 4 heteroatoms. The van der Waals surface area contributed by atoms with E-state index >= 15 is 0 Å². The van der Waals surface area contributed by atoms with Crippen molar-refractivity contribution >= 4 is 5.71 Å². The van der Waals surface area contributed by atoms with Crippen LogP contribution in [0.25, 0.3) is 0 Å². The SMILES string of the molecule is CC1C=CN=C(C2=CCC(C(F)(F)F)CC2)C=C1. The molecule has 98 valence electrons. The minimum atomic E-state index is -4.07. The molecule has 0 radical (unpaired) electrons. The summed E-state index contributed by atoms with van der Waals surface area (Å²) in [5.74, 6) is -0.871. The van der Waals surface area contributed by atoms with Crippen LogP contribution < -0.4 is 0 Å². The van der Waals surface area contributed by atoms with Crippen LogP contribution in [0.3, 0.4) is 0 Å². The molecule has 0 amide bonds. The van der Waals surface area contributed by atoms with E-state index < -0.39 is 12.1 Å². The van der Waals surface area contributed by atoms with Crippen LogP contribution in [-0.2, 0) is 0 Å². The Hall–Kier alpha value is -1.32. The zero-order valence-electron chi connectivity index (χ0n) is 10.2. The van der Waals surface area contributed by atoms with Crippen molar-refractivity contribution in [1.29, 1.82) is 0 Å². The lowest BCUT2D eigenvalue weighted by molar-refractivity contribution is -0.176. The van der Waals surface area contributed by atoms with Gasteiger partial charge in [-0.05, 0) is 36.8 Å². The third kappa shape index (κ3) is 3.12. The zero-order valence-corrected chi connectivity index (χ0v) is 10.2. The van der Waals surface area contributed by atoms with Crippen molar-refractivity contribution in [2.45, 2.75) is 32.4 Å². The highest BCUT2D eigenvalue weighted by Crippen LogP contribution is 2.37. The van der Waals surface area contributed by atoms with E-state index in [2.05, 4.69) is 4.99 Å². The largest absolute Gasteiger partial charge is 0.392 e. The second kappa shape index (κ2) is 5.12. The third-order valence-corrected chi connectivity index (χ3v) is 3.36. The van der Waals surface area contributed by atoms with Gasteiger partial charge in [0.25, 0.3) is 0 Å². The Labute approximate surface area is 105 Å². The summed E-state index contributed by atoms with van der Waals surface area (Å²) in [6, 6.07) is 0. The molecule has 2 rings (SSSR count). The van der Waals surface area contributed by atoms with Crippen molar-refractivity contribution < 1.29 is 13.2 Å². The highest BCUT2D eigenvalue weighted by atomic mass is 19.4. The van der Waals surface area contributed by atoms with Gasteiger partial charge in [0.15, 0.2) is 0 Å². The minimum Gasteiger partial charge on any atom is -0.257 e. The normalized spacial score (nSPS) is 28.7. The van der Waals surface area contributed by atoms with Gasteiger partial charge in [-0.2, -0.15) is 13.2 Å². The summed E-state index contributed by atoms with van der Waals surface area (Å²) in [6.07, 6.45) is 5.93. The van der Waals surface area contributed by atoms with Crippen LogP contribution in [0.4, 0.5) is 13.2 Å². The number of halogens is 3. The first-order valence-corrected chi connectivity index (χ1v) is 6.15. The molecule has 1 nitrogen and oxygen atoms in total. The molecule has 0 spiro atoms. The fourth-order valence-corrected chi connectivity index (χ4v) is 2.16. The van der Waals surface area contributed by atoms with Crippen LogP contribution in [0.5, 0.6) is 0 Å². The lowest BCUT2D eigenvalue weighted by atomic mass is 9.87. The quantitative estimate of drug-likeness (QED) is 0.657. The minimum absolute atomic E-state index is 0.0744. The van der Waals surface area contributed by atoms with Crippen LogP contribution in [0, 0.1) is 11.8 Å². The molecule has 1 aliphatic heterocycles. The highest BCUT2D eigenvalue weighted by molar-refractivity contribution is 6.08. The van der Waals surface area contributed by atoms with Crippen LogP contribution in [0.15, 0.2) is 41.1 Å². The Kier molecular flexibility index (Phi) is 3.73. The molecule has 0 N–H and O–H groups in total. The molecule has 1 aliphatic carbocycles. The van der Waals surface area contributed by atoms with E-state index in [1.807, 2.05) is 25.2 Å². The number of alkyl halides is 3. The molecule has 2 aliphatic rings. The molecule has 0 fully saturated rings. The number of nitrogens with zero attached hydrogens (tertiary/aromatic N) is 1. The van der Waals surface area contributed by atoms with E-state index in [-0.39, 0.29) is 12.8 Å². The first-order valence-electron chi connectivity index (χ1n) is 6.15. The Morgan fingerprint density at radius 1 is 1.28 bits per heavy atom. The molecular formula is C14H16F3N. The Bertz CT molecular complexity index is 427. The maximum Gasteiger partial charge on any atom is 0.392 e. The summed E-state index contributed by atoms with van der Waals surface area (Å²) in [5, 5.41) is 0. The first-order chi connectivity index (χ1) is 8.47.